The third kappa shape index (κ3) is 3.84. The number of aromatic nitrogens is 4. The van der Waals surface area contributed by atoms with Crippen LogP contribution in [0.5, 0.6) is 0 Å². The highest BCUT2D eigenvalue weighted by Gasteiger charge is 2.20. The van der Waals surface area contributed by atoms with Gasteiger partial charge in [-0.3, -0.25) is 9.59 Å². The minimum atomic E-state index is -0.778. The fourth-order valence-electron chi connectivity index (χ4n) is 2.94. The van der Waals surface area contributed by atoms with Crippen molar-refractivity contribution in [2.75, 3.05) is 5.32 Å². The standard InChI is InChI=1S/C20H18N6O3/c1-12-7-8-15(10-16(12)26-11-21-24-25-26)23-20(28)19(27)22-13(2)18-9-14-5-3-4-6-17(14)29-18/h3-11,13H,1-2H3,(H,22,27)(H,23,28). The molecule has 0 fully saturated rings. The number of carbonyl (C=O) groups is 2. The molecule has 9 nitrogen and oxygen atoms in total. The molecule has 29 heavy (non-hydrogen) atoms. The maximum absolute atomic E-state index is 12.3. The van der Waals surface area contributed by atoms with Crippen molar-refractivity contribution in [3.63, 3.8) is 0 Å². The number of fused-ring (bicyclic) bond motifs is 1. The van der Waals surface area contributed by atoms with Crippen LogP contribution in [0, 0.1) is 6.92 Å². The first-order valence-corrected chi connectivity index (χ1v) is 8.95. The molecule has 1 unspecified atom stereocenters. The van der Waals surface area contributed by atoms with Gasteiger partial charge in [0, 0.05) is 11.1 Å². The predicted molar refractivity (Wildman–Crippen MR) is 105 cm³/mol. The number of nitrogens with zero attached hydrogens (tertiary/aromatic N) is 4. The summed E-state index contributed by atoms with van der Waals surface area (Å²) >= 11 is 0. The van der Waals surface area contributed by atoms with Crippen LogP contribution in [0.25, 0.3) is 16.7 Å². The highest BCUT2D eigenvalue weighted by molar-refractivity contribution is 6.39. The zero-order valence-corrected chi connectivity index (χ0v) is 15.8. The number of rotatable bonds is 4. The number of aryl methyl sites for hydroxylation is 1. The molecule has 4 aromatic rings. The number of carbonyl (C=O) groups excluding carboxylic acids is 2. The van der Waals surface area contributed by atoms with Crippen molar-refractivity contribution in [3.05, 3.63) is 66.2 Å². The summed E-state index contributed by atoms with van der Waals surface area (Å²) in [6, 6.07) is 14.1. The van der Waals surface area contributed by atoms with Gasteiger partial charge in [-0.15, -0.1) is 5.10 Å². The van der Waals surface area contributed by atoms with Crippen molar-refractivity contribution in [1.82, 2.24) is 25.5 Å². The van der Waals surface area contributed by atoms with Crippen LogP contribution in [-0.4, -0.2) is 32.0 Å². The van der Waals surface area contributed by atoms with Gasteiger partial charge in [-0.1, -0.05) is 24.3 Å². The lowest BCUT2D eigenvalue weighted by Crippen LogP contribution is -2.36. The molecule has 2 N–H and O–H groups in total. The zero-order valence-electron chi connectivity index (χ0n) is 15.8. The monoisotopic (exact) mass is 390 g/mol. The average Bonchev–Trinajstić information content (AvgIpc) is 3.39. The maximum Gasteiger partial charge on any atom is 0.313 e. The minimum Gasteiger partial charge on any atom is -0.459 e. The summed E-state index contributed by atoms with van der Waals surface area (Å²) < 4.78 is 7.21. The van der Waals surface area contributed by atoms with E-state index in [0.29, 0.717) is 17.1 Å². The quantitative estimate of drug-likeness (QED) is 0.518. The molecule has 2 aromatic carbocycles. The molecular weight excluding hydrogens is 372 g/mol. The Hall–Kier alpha value is -4.01. The molecule has 0 bridgehead atoms. The van der Waals surface area contributed by atoms with Crippen LogP contribution in [0.2, 0.25) is 0 Å². The van der Waals surface area contributed by atoms with Crippen LogP contribution >= 0.6 is 0 Å². The van der Waals surface area contributed by atoms with Gasteiger partial charge in [0.2, 0.25) is 0 Å². The maximum atomic E-state index is 12.3. The Morgan fingerprint density at radius 1 is 1.10 bits per heavy atom. The molecule has 4 rings (SSSR count). The first-order chi connectivity index (χ1) is 14.0. The molecule has 0 radical (unpaired) electrons. The fraction of sp³-hybridized carbons (Fsp3) is 0.150. The Balaban J connectivity index is 1.44. The number of tetrazole rings is 1. The van der Waals surface area contributed by atoms with Crippen molar-refractivity contribution in [3.8, 4) is 5.69 Å². The molecule has 1 atom stereocenters. The van der Waals surface area contributed by atoms with Crippen LogP contribution in [-0.2, 0) is 9.59 Å². The molecular formula is C20H18N6O3. The lowest BCUT2D eigenvalue weighted by atomic mass is 10.2. The topological polar surface area (TPSA) is 115 Å². The predicted octanol–water partition coefficient (Wildman–Crippen LogP) is 2.53. The van der Waals surface area contributed by atoms with Crippen LogP contribution in [0.4, 0.5) is 5.69 Å². The van der Waals surface area contributed by atoms with Crippen molar-refractivity contribution in [1.29, 1.82) is 0 Å². The van der Waals surface area contributed by atoms with E-state index in [1.54, 1.807) is 19.1 Å². The van der Waals surface area contributed by atoms with Gasteiger partial charge in [-0.05, 0) is 54.1 Å². The normalized spacial score (nSPS) is 11.9. The number of furan rings is 1. The van der Waals surface area contributed by atoms with Gasteiger partial charge in [0.05, 0.1) is 11.7 Å². The Morgan fingerprint density at radius 3 is 2.69 bits per heavy atom. The Morgan fingerprint density at radius 2 is 1.93 bits per heavy atom. The van der Waals surface area contributed by atoms with E-state index in [0.717, 1.165) is 16.5 Å². The number of benzene rings is 2. The van der Waals surface area contributed by atoms with E-state index in [9.17, 15) is 9.59 Å². The van der Waals surface area contributed by atoms with E-state index in [1.807, 2.05) is 43.3 Å². The molecule has 0 spiro atoms. The Labute approximate surface area is 165 Å². The summed E-state index contributed by atoms with van der Waals surface area (Å²) in [5.41, 5.74) is 2.79. The molecule has 0 aliphatic rings. The van der Waals surface area contributed by atoms with Crippen molar-refractivity contribution in [2.24, 2.45) is 0 Å². The van der Waals surface area contributed by atoms with Gasteiger partial charge in [0.25, 0.3) is 0 Å². The molecule has 2 heterocycles. The average molecular weight is 390 g/mol. The van der Waals surface area contributed by atoms with Crippen LogP contribution < -0.4 is 10.6 Å². The van der Waals surface area contributed by atoms with Crippen LogP contribution in [0.15, 0.2) is 59.3 Å². The second-order valence-corrected chi connectivity index (χ2v) is 6.59. The molecule has 9 heteroatoms. The van der Waals surface area contributed by atoms with Gasteiger partial charge in [0.1, 0.15) is 17.7 Å². The number of hydrogen-bond donors (Lipinski definition) is 2. The number of amides is 2. The third-order valence-corrected chi connectivity index (χ3v) is 4.49. The molecule has 0 saturated carbocycles. The van der Waals surface area contributed by atoms with Crippen LogP contribution in [0.3, 0.4) is 0 Å². The summed E-state index contributed by atoms with van der Waals surface area (Å²) in [6.07, 6.45) is 1.45. The molecule has 0 saturated heterocycles. The fourth-order valence-corrected chi connectivity index (χ4v) is 2.94. The van der Waals surface area contributed by atoms with E-state index in [1.165, 1.54) is 11.0 Å². The van der Waals surface area contributed by atoms with Crippen molar-refractivity contribution < 1.29 is 14.0 Å². The molecule has 146 valence electrons. The summed E-state index contributed by atoms with van der Waals surface area (Å²) in [7, 11) is 0. The summed E-state index contributed by atoms with van der Waals surface area (Å²) in [6.45, 7) is 3.65. The van der Waals surface area contributed by atoms with E-state index in [-0.39, 0.29) is 0 Å². The Kier molecular flexibility index (Phi) is 4.78. The second kappa shape index (κ2) is 7.55. The number of nitrogens with one attached hydrogen (secondary N) is 2. The van der Waals surface area contributed by atoms with E-state index >= 15 is 0 Å². The highest BCUT2D eigenvalue weighted by Crippen LogP contribution is 2.23. The second-order valence-electron chi connectivity index (χ2n) is 6.59. The third-order valence-electron chi connectivity index (χ3n) is 4.49. The lowest BCUT2D eigenvalue weighted by Gasteiger charge is -2.12. The number of anilines is 1. The van der Waals surface area contributed by atoms with Gasteiger partial charge in [-0.25, -0.2) is 4.68 Å². The van der Waals surface area contributed by atoms with Crippen molar-refractivity contribution >= 4 is 28.5 Å². The number of para-hydroxylation sites is 1. The van der Waals surface area contributed by atoms with E-state index < -0.39 is 17.9 Å². The van der Waals surface area contributed by atoms with E-state index in [2.05, 4.69) is 26.2 Å². The molecule has 2 aromatic heterocycles. The minimum absolute atomic E-state index is 0.456. The van der Waals surface area contributed by atoms with Crippen molar-refractivity contribution in [2.45, 2.75) is 19.9 Å². The first kappa shape index (κ1) is 18.4. The van der Waals surface area contributed by atoms with Gasteiger partial charge < -0.3 is 15.1 Å². The zero-order chi connectivity index (χ0) is 20.4. The molecule has 0 aliphatic carbocycles. The van der Waals surface area contributed by atoms with E-state index in [4.69, 9.17) is 4.42 Å². The smallest absolute Gasteiger partial charge is 0.313 e. The summed E-state index contributed by atoms with van der Waals surface area (Å²) in [5, 5.41) is 17.2. The van der Waals surface area contributed by atoms with Gasteiger partial charge in [0.15, 0.2) is 0 Å². The van der Waals surface area contributed by atoms with Crippen LogP contribution in [0.1, 0.15) is 24.3 Å². The highest BCUT2D eigenvalue weighted by atomic mass is 16.3. The van der Waals surface area contributed by atoms with Gasteiger partial charge in [-0.2, -0.15) is 0 Å². The molecule has 0 aliphatic heterocycles. The Bertz CT molecular complexity index is 1150. The largest absolute Gasteiger partial charge is 0.459 e. The summed E-state index contributed by atoms with van der Waals surface area (Å²) in [4.78, 5) is 24.7. The van der Waals surface area contributed by atoms with Gasteiger partial charge >= 0.3 is 11.8 Å². The SMILES string of the molecule is Cc1ccc(NC(=O)C(=O)NC(C)c2cc3ccccc3o2)cc1-n1cnnn1. The lowest BCUT2D eigenvalue weighted by molar-refractivity contribution is -0.136. The summed E-state index contributed by atoms with van der Waals surface area (Å²) in [5.74, 6) is -0.967. The number of hydrogen-bond acceptors (Lipinski definition) is 6. The molecule has 2 amide bonds. The first-order valence-electron chi connectivity index (χ1n) is 8.95.